The first-order valence-electron chi connectivity index (χ1n) is 5.40. The van der Waals surface area contributed by atoms with Gasteiger partial charge < -0.3 is 4.90 Å². The summed E-state index contributed by atoms with van der Waals surface area (Å²) in [5, 5.41) is 8.12. The van der Waals surface area contributed by atoms with Gasteiger partial charge in [0.25, 0.3) is 5.91 Å². The first-order valence-corrected chi connectivity index (χ1v) is 5.40. The topological polar surface area (TPSA) is 63.9 Å². The zero-order chi connectivity index (χ0) is 11.7. The Morgan fingerprint density at radius 2 is 2.00 bits per heavy atom. The Morgan fingerprint density at radius 3 is 2.65 bits per heavy atom. The lowest BCUT2D eigenvalue weighted by atomic mass is 10.1. The predicted molar refractivity (Wildman–Crippen MR) is 59.2 cm³/mol. The molecular formula is C11H11N5O. The number of aromatic nitrogens is 4. The van der Waals surface area contributed by atoms with Gasteiger partial charge in [-0.25, -0.2) is 0 Å². The number of hydrogen-bond acceptors (Lipinski definition) is 4. The van der Waals surface area contributed by atoms with E-state index in [1.165, 1.54) is 0 Å². The summed E-state index contributed by atoms with van der Waals surface area (Å²) in [7, 11) is 0. The molecule has 0 aromatic carbocycles. The first kappa shape index (κ1) is 9.95. The van der Waals surface area contributed by atoms with Crippen molar-refractivity contribution in [1.82, 2.24) is 24.9 Å². The SMILES string of the molecule is O=C(c1cccnc1)N1CC(n2nccn2)C1. The molecule has 0 radical (unpaired) electrons. The van der Waals surface area contributed by atoms with E-state index in [-0.39, 0.29) is 11.9 Å². The summed E-state index contributed by atoms with van der Waals surface area (Å²) in [6, 6.07) is 3.74. The van der Waals surface area contributed by atoms with E-state index in [0.29, 0.717) is 18.7 Å². The standard InChI is InChI=1S/C11H11N5O/c17-11(9-2-1-3-12-6-9)15-7-10(8-15)16-13-4-5-14-16/h1-6,10H,7-8H2. The molecule has 1 aliphatic rings. The van der Waals surface area contributed by atoms with Crippen LogP contribution in [0.1, 0.15) is 16.4 Å². The highest BCUT2D eigenvalue weighted by Crippen LogP contribution is 2.21. The Kier molecular flexibility index (Phi) is 2.32. The maximum absolute atomic E-state index is 12.0. The lowest BCUT2D eigenvalue weighted by Crippen LogP contribution is -2.51. The van der Waals surface area contributed by atoms with Crippen molar-refractivity contribution in [2.24, 2.45) is 0 Å². The molecule has 2 aromatic heterocycles. The number of carbonyl (C=O) groups excluding carboxylic acids is 1. The van der Waals surface area contributed by atoms with Gasteiger partial charge in [0.2, 0.25) is 0 Å². The number of pyridine rings is 1. The molecule has 86 valence electrons. The van der Waals surface area contributed by atoms with Gasteiger partial charge in [0, 0.05) is 25.5 Å². The smallest absolute Gasteiger partial charge is 0.255 e. The van der Waals surface area contributed by atoms with E-state index in [1.807, 2.05) is 0 Å². The zero-order valence-electron chi connectivity index (χ0n) is 9.10. The van der Waals surface area contributed by atoms with Gasteiger partial charge in [-0.15, -0.1) is 0 Å². The molecule has 1 aliphatic heterocycles. The van der Waals surface area contributed by atoms with Crippen molar-refractivity contribution < 1.29 is 4.79 Å². The number of amides is 1. The molecule has 0 spiro atoms. The highest BCUT2D eigenvalue weighted by molar-refractivity contribution is 5.94. The fraction of sp³-hybridized carbons (Fsp3) is 0.273. The molecule has 1 saturated heterocycles. The van der Waals surface area contributed by atoms with E-state index in [4.69, 9.17) is 0 Å². The predicted octanol–water partition coefficient (Wildman–Crippen LogP) is 0.370. The van der Waals surface area contributed by atoms with Crippen molar-refractivity contribution in [3.05, 3.63) is 42.5 Å². The van der Waals surface area contributed by atoms with Gasteiger partial charge in [0.15, 0.2) is 0 Å². The van der Waals surface area contributed by atoms with E-state index in [0.717, 1.165) is 0 Å². The van der Waals surface area contributed by atoms with Gasteiger partial charge in [-0.2, -0.15) is 15.0 Å². The maximum Gasteiger partial charge on any atom is 0.255 e. The van der Waals surface area contributed by atoms with Crippen molar-refractivity contribution in [3.63, 3.8) is 0 Å². The third-order valence-electron chi connectivity index (χ3n) is 2.82. The third-order valence-corrected chi connectivity index (χ3v) is 2.82. The average molecular weight is 229 g/mol. The molecule has 3 rings (SSSR count). The second-order valence-corrected chi connectivity index (χ2v) is 3.96. The molecule has 0 atom stereocenters. The number of carbonyl (C=O) groups is 1. The van der Waals surface area contributed by atoms with E-state index < -0.39 is 0 Å². The van der Waals surface area contributed by atoms with Crippen LogP contribution in [0.4, 0.5) is 0 Å². The molecular weight excluding hydrogens is 218 g/mol. The van der Waals surface area contributed by atoms with Crippen LogP contribution >= 0.6 is 0 Å². The second kappa shape index (κ2) is 3.97. The van der Waals surface area contributed by atoms with Gasteiger partial charge in [-0.1, -0.05) is 0 Å². The fourth-order valence-corrected chi connectivity index (χ4v) is 1.85. The van der Waals surface area contributed by atoms with E-state index in [1.54, 1.807) is 46.6 Å². The van der Waals surface area contributed by atoms with E-state index in [9.17, 15) is 4.79 Å². The van der Waals surface area contributed by atoms with Crippen molar-refractivity contribution in [2.45, 2.75) is 6.04 Å². The lowest BCUT2D eigenvalue weighted by molar-refractivity contribution is 0.0476. The first-order chi connectivity index (χ1) is 8.34. The average Bonchev–Trinajstić information content (AvgIpc) is 2.82. The molecule has 6 heteroatoms. The van der Waals surface area contributed by atoms with Crippen molar-refractivity contribution in [3.8, 4) is 0 Å². The van der Waals surface area contributed by atoms with Crippen LogP contribution in [0, 0.1) is 0 Å². The summed E-state index contributed by atoms with van der Waals surface area (Å²) in [5.41, 5.74) is 0.624. The Morgan fingerprint density at radius 1 is 1.24 bits per heavy atom. The summed E-state index contributed by atoms with van der Waals surface area (Å²) in [6.45, 7) is 1.31. The zero-order valence-corrected chi connectivity index (χ0v) is 9.10. The number of likely N-dealkylation sites (tertiary alicyclic amines) is 1. The Hall–Kier alpha value is -2.24. The molecule has 0 saturated carbocycles. The van der Waals surface area contributed by atoms with E-state index >= 15 is 0 Å². The molecule has 2 aromatic rings. The van der Waals surface area contributed by atoms with Crippen LogP contribution in [0.3, 0.4) is 0 Å². The quantitative estimate of drug-likeness (QED) is 0.746. The fourth-order valence-electron chi connectivity index (χ4n) is 1.85. The minimum Gasteiger partial charge on any atom is -0.334 e. The molecule has 0 N–H and O–H groups in total. The Bertz CT molecular complexity index is 504. The normalized spacial score (nSPS) is 15.6. The van der Waals surface area contributed by atoms with Crippen LogP contribution in [0.5, 0.6) is 0 Å². The second-order valence-electron chi connectivity index (χ2n) is 3.96. The Labute approximate surface area is 97.9 Å². The van der Waals surface area contributed by atoms with Crippen LogP contribution < -0.4 is 0 Å². The minimum atomic E-state index is 0.0153. The van der Waals surface area contributed by atoms with Crippen molar-refractivity contribution in [2.75, 3.05) is 13.1 Å². The summed E-state index contributed by atoms with van der Waals surface area (Å²) in [6.07, 6.45) is 6.53. The van der Waals surface area contributed by atoms with Crippen LogP contribution in [0.15, 0.2) is 36.9 Å². The maximum atomic E-state index is 12.0. The van der Waals surface area contributed by atoms with Gasteiger partial charge in [0.05, 0.1) is 18.0 Å². The third kappa shape index (κ3) is 1.77. The number of rotatable bonds is 2. The monoisotopic (exact) mass is 229 g/mol. The van der Waals surface area contributed by atoms with Gasteiger partial charge >= 0.3 is 0 Å². The Balaban J connectivity index is 1.65. The van der Waals surface area contributed by atoms with Crippen LogP contribution in [0.25, 0.3) is 0 Å². The number of hydrogen-bond donors (Lipinski definition) is 0. The summed E-state index contributed by atoms with van der Waals surface area (Å²) in [5.74, 6) is 0.0153. The number of nitrogens with zero attached hydrogens (tertiary/aromatic N) is 5. The van der Waals surface area contributed by atoms with Crippen molar-refractivity contribution >= 4 is 5.91 Å². The highest BCUT2D eigenvalue weighted by atomic mass is 16.2. The molecule has 0 aliphatic carbocycles. The summed E-state index contributed by atoms with van der Waals surface area (Å²) >= 11 is 0. The van der Waals surface area contributed by atoms with Crippen molar-refractivity contribution in [1.29, 1.82) is 0 Å². The van der Waals surface area contributed by atoms with Crippen LogP contribution in [0.2, 0.25) is 0 Å². The molecule has 0 unspecified atom stereocenters. The molecule has 6 nitrogen and oxygen atoms in total. The molecule has 17 heavy (non-hydrogen) atoms. The molecule has 1 fully saturated rings. The van der Waals surface area contributed by atoms with Crippen LogP contribution in [-0.2, 0) is 0 Å². The lowest BCUT2D eigenvalue weighted by Gasteiger charge is -2.38. The minimum absolute atomic E-state index is 0.0153. The van der Waals surface area contributed by atoms with Crippen LogP contribution in [-0.4, -0.2) is 43.9 Å². The molecule has 3 heterocycles. The summed E-state index contributed by atoms with van der Waals surface area (Å²) < 4.78 is 0. The largest absolute Gasteiger partial charge is 0.334 e. The molecule has 1 amide bonds. The summed E-state index contributed by atoms with van der Waals surface area (Å²) in [4.78, 5) is 19.3. The highest BCUT2D eigenvalue weighted by Gasteiger charge is 2.33. The van der Waals surface area contributed by atoms with Gasteiger partial charge in [-0.3, -0.25) is 9.78 Å². The van der Waals surface area contributed by atoms with E-state index in [2.05, 4.69) is 15.2 Å². The molecule has 0 bridgehead atoms. The van der Waals surface area contributed by atoms with Gasteiger partial charge in [-0.05, 0) is 12.1 Å². The van der Waals surface area contributed by atoms with Gasteiger partial charge in [0.1, 0.15) is 6.04 Å².